The number of hydrogen-bond acceptors (Lipinski definition) is 2. The minimum atomic E-state index is -0.251. The molecule has 29 heavy (non-hydrogen) atoms. The largest absolute Gasteiger partial charge is 0.465 e. The number of carbonyl (C=O) groups is 1. The summed E-state index contributed by atoms with van der Waals surface area (Å²) >= 11 is 0. The number of ether oxygens (including phenoxy) is 1. The van der Waals surface area contributed by atoms with Crippen LogP contribution >= 0.6 is 0 Å². The van der Waals surface area contributed by atoms with E-state index in [4.69, 9.17) is 4.74 Å². The quantitative estimate of drug-likeness (QED) is 0.600. The Hall–Kier alpha value is -2.85. The SMILES string of the molecule is COC(=O)c1ccccc1C[NH+](Cc1cccn1Cc1ccccc1C)C1CC1. The van der Waals surface area contributed by atoms with Gasteiger partial charge in [-0.25, -0.2) is 4.79 Å². The lowest BCUT2D eigenvalue weighted by atomic mass is 10.1. The molecule has 1 fully saturated rings. The van der Waals surface area contributed by atoms with E-state index >= 15 is 0 Å². The van der Waals surface area contributed by atoms with Crippen LogP contribution in [0.2, 0.25) is 0 Å². The maximum absolute atomic E-state index is 12.2. The van der Waals surface area contributed by atoms with Crippen LogP contribution in [0.3, 0.4) is 0 Å². The summed E-state index contributed by atoms with van der Waals surface area (Å²) in [7, 11) is 1.45. The molecule has 1 atom stereocenters. The second kappa shape index (κ2) is 8.66. The van der Waals surface area contributed by atoms with E-state index < -0.39 is 0 Å². The number of nitrogens with zero attached hydrogens (tertiary/aromatic N) is 1. The highest BCUT2D eigenvalue weighted by molar-refractivity contribution is 5.90. The molecule has 4 heteroatoms. The number of nitrogens with one attached hydrogen (secondary N) is 1. The lowest BCUT2D eigenvalue weighted by Crippen LogP contribution is -3.10. The molecule has 0 aliphatic heterocycles. The molecular formula is C25H29N2O2+. The molecule has 2 aromatic carbocycles. The summed E-state index contributed by atoms with van der Waals surface area (Å²) in [6.07, 6.45) is 4.69. The molecule has 1 N–H and O–H groups in total. The van der Waals surface area contributed by atoms with Gasteiger partial charge in [0.1, 0.15) is 13.1 Å². The van der Waals surface area contributed by atoms with Crippen LogP contribution in [0.1, 0.15) is 45.6 Å². The second-order valence-corrected chi connectivity index (χ2v) is 7.99. The van der Waals surface area contributed by atoms with Crippen LogP contribution < -0.4 is 4.90 Å². The second-order valence-electron chi connectivity index (χ2n) is 7.99. The van der Waals surface area contributed by atoms with Crippen LogP contribution in [0.5, 0.6) is 0 Å². The van der Waals surface area contributed by atoms with Crippen molar-refractivity contribution < 1.29 is 14.4 Å². The number of benzene rings is 2. The van der Waals surface area contributed by atoms with Crippen molar-refractivity contribution in [1.29, 1.82) is 0 Å². The fourth-order valence-electron chi connectivity index (χ4n) is 4.04. The van der Waals surface area contributed by atoms with E-state index in [1.165, 1.54) is 41.7 Å². The van der Waals surface area contributed by atoms with E-state index in [9.17, 15) is 4.79 Å². The van der Waals surface area contributed by atoms with E-state index in [1.54, 1.807) is 0 Å². The third-order valence-electron chi connectivity index (χ3n) is 5.93. The molecule has 3 aromatic rings. The highest BCUT2D eigenvalue weighted by atomic mass is 16.5. The topological polar surface area (TPSA) is 35.7 Å². The van der Waals surface area contributed by atoms with Crippen molar-refractivity contribution in [3.63, 3.8) is 0 Å². The number of carbonyl (C=O) groups excluding carboxylic acids is 1. The van der Waals surface area contributed by atoms with Crippen LogP contribution in [-0.2, 0) is 24.4 Å². The molecule has 0 bridgehead atoms. The minimum absolute atomic E-state index is 0.251. The van der Waals surface area contributed by atoms with Gasteiger partial charge in [0.15, 0.2) is 0 Å². The van der Waals surface area contributed by atoms with Gasteiger partial charge in [0.2, 0.25) is 0 Å². The first-order valence-electron chi connectivity index (χ1n) is 10.3. The van der Waals surface area contributed by atoms with E-state index in [1.807, 2.05) is 18.2 Å². The lowest BCUT2D eigenvalue weighted by molar-refractivity contribution is -0.938. The van der Waals surface area contributed by atoms with Crippen LogP contribution in [0.25, 0.3) is 0 Å². The molecule has 4 rings (SSSR count). The smallest absolute Gasteiger partial charge is 0.338 e. The van der Waals surface area contributed by atoms with E-state index in [0.717, 1.165) is 25.2 Å². The highest BCUT2D eigenvalue weighted by Crippen LogP contribution is 2.18. The van der Waals surface area contributed by atoms with Gasteiger partial charge in [0.05, 0.1) is 24.4 Å². The molecular weight excluding hydrogens is 360 g/mol. The lowest BCUT2D eigenvalue weighted by Gasteiger charge is -2.21. The number of aryl methyl sites for hydroxylation is 1. The maximum Gasteiger partial charge on any atom is 0.338 e. The summed E-state index contributed by atoms with van der Waals surface area (Å²) in [6, 6.07) is 21.4. The molecule has 1 aliphatic rings. The van der Waals surface area contributed by atoms with Crippen LogP contribution in [0, 0.1) is 6.92 Å². The monoisotopic (exact) mass is 389 g/mol. The molecule has 1 saturated carbocycles. The van der Waals surface area contributed by atoms with Gasteiger partial charge < -0.3 is 14.2 Å². The Kier molecular flexibility index (Phi) is 5.81. The fourth-order valence-corrected chi connectivity index (χ4v) is 4.04. The van der Waals surface area contributed by atoms with Crippen LogP contribution in [0.15, 0.2) is 66.9 Å². The van der Waals surface area contributed by atoms with Crippen molar-refractivity contribution in [1.82, 2.24) is 4.57 Å². The molecule has 1 aliphatic carbocycles. The van der Waals surface area contributed by atoms with Crippen molar-refractivity contribution >= 4 is 5.97 Å². The first-order chi connectivity index (χ1) is 14.2. The Morgan fingerprint density at radius 1 is 1.00 bits per heavy atom. The summed E-state index contributed by atoms with van der Waals surface area (Å²) in [5.74, 6) is -0.251. The Bertz CT molecular complexity index is 988. The first-order valence-corrected chi connectivity index (χ1v) is 10.3. The zero-order valence-electron chi connectivity index (χ0n) is 17.2. The third kappa shape index (κ3) is 4.60. The predicted octanol–water partition coefficient (Wildman–Crippen LogP) is 3.38. The van der Waals surface area contributed by atoms with Crippen molar-refractivity contribution in [2.45, 2.75) is 45.4 Å². The minimum Gasteiger partial charge on any atom is -0.465 e. The fraction of sp³-hybridized carbons (Fsp3) is 0.320. The van der Waals surface area contributed by atoms with Gasteiger partial charge in [0.25, 0.3) is 0 Å². The van der Waals surface area contributed by atoms with Crippen LogP contribution in [0.4, 0.5) is 0 Å². The zero-order chi connectivity index (χ0) is 20.2. The summed E-state index contributed by atoms with van der Waals surface area (Å²) in [6.45, 7) is 4.86. The van der Waals surface area contributed by atoms with Gasteiger partial charge in [-0.1, -0.05) is 42.5 Å². The summed E-state index contributed by atoms with van der Waals surface area (Å²) in [5.41, 5.74) is 5.77. The number of methoxy groups -OCH3 is 1. The predicted molar refractivity (Wildman–Crippen MR) is 114 cm³/mol. The Labute approximate surface area is 172 Å². The molecule has 150 valence electrons. The molecule has 1 aromatic heterocycles. The van der Waals surface area contributed by atoms with Crippen molar-refractivity contribution in [3.05, 3.63) is 94.8 Å². The van der Waals surface area contributed by atoms with Gasteiger partial charge >= 0.3 is 5.97 Å². The number of quaternary nitrogens is 1. The standard InChI is InChI=1S/C25H28N2O2/c1-19-8-3-4-9-20(19)16-26-15-7-11-23(26)18-27(22-13-14-22)17-21-10-5-6-12-24(21)25(28)29-2/h3-12,15,22H,13-14,16-18H2,1-2H3/p+1. The van der Waals surface area contributed by atoms with E-state index in [2.05, 4.69) is 60.2 Å². The van der Waals surface area contributed by atoms with Gasteiger partial charge in [0, 0.05) is 31.1 Å². The summed E-state index contributed by atoms with van der Waals surface area (Å²) < 4.78 is 7.34. The molecule has 1 heterocycles. The average molecular weight is 390 g/mol. The number of hydrogen-bond donors (Lipinski definition) is 1. The number of esters is 1. The molecule has 0 radical (unpaired) electrons. The number of aromatic nitrogens is 1. The third-order valence-corrected chi connectivity index (χ3v) is 5.93. The Morgan fingerprint density at radius 2 is 1.72 bits per heavy atom. The van der Waals surface area contributed by atoms with Gasteiger partial charge in [-0.2, -0.15) is 0 Å². The molecule has 1 unspecified atom stereocenters. The maximum atomic E-state index is 12.2. The molecule has 4 nitrogen and oxygen atoms in total. The molecule has 0 spiro atoms. The highest BCUT2D eigenvalue weighted by Gasteiger charge is 2.34. The summed E-state index contributed by atoms with van der Waals surface area (Å²) in [4.78, 5) is 13.7. The zero-order valence-corrected chi connectivity index (χ0v) is 17.2. The first kappa shape index (κ1) is 19.5. The van der Waals surface area contributed by atoms with Gasteiger partial charge in [-0.15, -0.1) is 0 Å². The van der Waals surface area contributed by atoms with Crippen LogP contribution in [-0.4, -0.2) is 23.7 Å². The van der Waals surface area contributed by atoms with Crippen molar-refractivity contribution in [2.24, 2.45) is 0 Å². The van der Waals surface area contributed by atoms with E-state index in [0.29, 0.717) is 11.6 Å². The molecule has 0 amide bonds. The Morgan fingerprint density at radius 3 is 2.45 bits per heavy atom. The van der Waals surface area contributed by atoms with Gasteiger partial charge in [-0.05, 0) is 36.2 Å². The summed E-state index contributed by atoms with van der Waals surface area (Å²) in [5, 5.41) is 0. The normalized spacial score (nSPS) is 14.6. The number of rotatable bonds is 8. The van der Waals surface area contributed by atoms with Gasteiger partial charge in [-0.3, -0.25) is 0 Å². The van der Waals surface area contributed by atoms with Crippen molar-refractivity contribution in [3.8, 4) is 0 Å². The van der Waals surface area contributed by atoms with Crippen molar-refractivity contribution in [2.75, 3.05) is 7.11 Å². The van der Waals surface area contributed by atoms with E-state index in [-0.39, 0.29) is 5.97 Å². The molecule has 0 saturated heterocycles. The average Bonchev–Trinajstić information content (AvgIpc) is 3.50. The Balaban J connectivity index is 1.53.